The van der Waals surface area contributed by atoms with Gasteiger partial charge in [0.25, 0.3) is 5.56 Å². The maximum absolute atomic E-state index is 13.2. The maximum Gasteiger partial charge on any atom is 0.259 e. The Balaban J connectivity index is 1.90. The molecule has 31 heavy (non-hydrogen) atoms. The number of aromatic nitrogens is 1. The molecule has 3 rings (SSSR count). The SMILES string of the molecule is COc1cccc2c(=O)n(C(CC(C)C)C(=O)N[C@H](C#N)CC3CCNC3=O)ccc12. The maximum atomic E-state index is 13.2. The van der Waals surface area contributed by atoms with Crippen molar-refractivity contribution < 1.29 is 14.3 Å². The predicted octanol–water partition coefficient (Wildman–Crippen LogP) is 2.13. The molecular formula is C23H28N4O4. The Morgan fingerprint density at radius 1 is 1.32 bits per heavy atom. The molecule has 1 saturated heterocycles. The van der Waals surface area contributed by atoms with Crippen molar-refractivity contribution in [2.45, 2.75) is 45.2 Å². The van der Waals surface area contributed by atoms with Crippen molar-refractivity contribution >= 4 is 22.6 Å². The van der Waals surface area contributed by atoms with E-state index in [2.05, 4.69) is 16.7 Å². The zero-order valence-corrected chi connectivity index (χ0v) is 18.1. The van der Waals surface area contributed by atoms with Gasteiger partial charge in [0.15, 0.2) is 0 Å². The highest BCUT2D eigenvalue weighted by atomic mass is 16.5. The average molecular weight is 425 g/mol. The molecule has 3 atom stereocenters. The largest absolute Gasteiger partial charge is 0.496 e. The van der Waals surface area contributed by atoms with E-state index in [4.69, 9.17) is 4.74 Å². The Morgan fingerprint density at radius 3 is 2.71 bits per heavy atom. The van der Waals surface area contributed by atoms with E-state index in [0.29, 0.717) is 35.9 Å². The molecule has 2 amide bonds. The molecule has 2 unspecified atom stereocenters. The Labute approximate surface area is 181 Å². The zero-order valence-electron chi connectivity index (χ0n) is 18.1. The first-order chi connectivity index (χ1) is 14.8. The molecule has 1 aromatic carbocycles. The predicted molar refractivity (Wildman–Crippen MR) is 117 cm³/mol. The Hall–Kier alpha value is -3.34. The number of carbonyl (C=O) groups excluding carboxylic acids is 2. The molecule has 2 aromatic rings. The van der Waals surface area contributed by atoms with E-state index in [1.54, 1.807) is 37.6 Å². The van der Waals surface area contributed by atoms with Crippen LogP contribution in [0.4, 0.5) is 0 Å². The fourth-order valence-corrected chi connectivity index (χ4v) is 4.05. The summed E-state index contributed by atoms with van der Waals surface area (Å²) in [5.74, 6) is -0.0453. The van der Waals surface area contributed by atoms with E-state index in [1.165, 1.54) is 4.57 Å². The summed E-state index contributed by atoms with van der Waals surface area (Å²) >= 11 is 0. The normalized spacial score (nSPS) is 17.8. The lowest BCUT2D eigenvalue weighted by Crippen LogP contribution is -2.43. The summed E-state index contributed by atoms with van der Waals surface area (Å²) in [4.78, 5) is 38.2. The molecule has 0 spiro atoms. The molecule has 0 aliphatic carbocycles. The lowest BCUT2D eigenvalue weighted by Gasteiger charge is -2.24. The van der Waals surface area contributed by atoms with Crippen LogP contribution in [-0.2, 0) is 9.59 Å². The van der Waals surface area contributed by atoms with Crippen LogP contribution in [0.2, 0.25) is 0 Å². The van der Waals surface area contributed by atoms with Gasteiger partial charge in [0, 0.05) is 24.0 Å². The quantitative estimate of drug-likeness (QED) is 0.674. The highest BCUT2D eigenvalue weighted by molar-refractivity contribution is 5.88. The number of fused-ring (bicyclic) bond motifs is 1. The van der Waals surface area contributed by atoms with Gasteiger partial charge in [-0.25, -0.2) is 0 Å². The van der Waals surface area contributed by atoms with Crippen LogP contribution < -0.4 is 20.9 Å². The molecule has 2 heterocycles. The molecule has 2 N–H and O–H groups in total. The summed E-state index contributed by atoms with van der Waals surface area (Å²) in [6.45, 7) is 4.53. The van der Waals surface area contributed by atoms with Crippen LogP contribution in [-0.4, -0.2) is 36.1 Å². The van der Waals surface area contributed by atoms with Crippen molar-refractivity contribution in [3.63, 3.8) is 0 Å². The standard InChI is InChI=1S/C23H28N4O4/c1-14(2)11-19(22(29)26-16(13-24)12-15-7-9-25-21(15)28)27-10-8-17-18(23(27)30)5-4-6-20(17)31-3/h4-6,8,10,14-16,19H,7,9,11-12H2,1-3H3,(H,25,28)(H,26,29)/t15?,16-,19?/m0/s1. The lowest BCUT2D eigenvalue weighted by atomic mass is 9.98. The second kappa shape index (κ2) is 9.65. The number of rotatable bonds is 8. The van der Waals surface area contributed by atoms with Gasteiger partial charge < -0.3 is 19.9 Å². The summed E-state index contributed by atoms with van der Waals surface area (Å²) in [5.41, 5.74) is -0.291. The second-order valence-electron chi connectivity index (χ2n) is 8.30. The van der Waals surface area contributed by atoms with Gasteiger partial charge in [-0.2, -0.15) is 5.26 Å². The summed E-state index contributed by atoms with van der Waals surface area (Å²) in [7, 11) is 1.54. The lowest BCUT2D eigenvalue weighted by molar-refractivity contribution is -0.126. The van der Waals surface area contributed by atoms with Crippen LogP contribution in [0.1, 0.15) is 39.2 Å². The van der Waals surface area contributed by atoms with Crippen LogP contribution in [0.3, 0.4) is 0 Å². The molecule has 1 aliphatic rings. The monoisotopic (exact) mass is 424 g/mol. The van der Waals surface area contributed by atoms with E-state index in [-0.39, 0.29) is 29.7 Å². The Bertz CT molecular complexity index is 1070. The zero-order chi connectivity index (χ0) is 22.5. The Morgan fingerprint density at radius 2 is 2.10 bits per heavy atom. The van der Waals surface area contributed by atoms with Crippen LogP contribution in [0.25, 0.3) is 10.8 Å². The van der Waals surface area contributed by atoms with Gasteiger partial charge in [-0.05, 0) is 43.4 Å². The number of hydrogen-bond acceptors (Lipinski definition) is 5. The summed E-state index contributed by atoms with van der Waals surface area (Å²) in [6, 6.07) is 7.51. The second-order valence-corrected chi connectivity index (χ2v) is 8.30. The molecule has 0 saturated carbocycles. The molecule has 1 fully saturated rings. The molecule has 0 radical (unpaired) electrons. The third-order valence-corrected chi connectivity index (χ3v) is 5.64. The number of methoxy groups -OCH3 is 1. The van der Waals surface area contributed by atoms with Gasteiger partial charge in [-0.3, -0.25) is 14.4 Å². The minimum Gasteiger partial charge on any atom is -0.496 e. The van der Waals surface area contributed by atoms with Crippen molar-refractivity contribution in [3.8, 4) is 11.8 Å². The number of nitrogens with zero attached hydrogens (tertiary/aromatic N) is 2. The number of ether oxygens (including phenoxy) is 1. The first-order valence-corrected chi connectivity index (χ1v) is 10.5. The molecule has 8 heteroatoms. The Kier molecular flexibility index (Phi) is 6.95. The van der Waals surface area contributed by atoms with E-state index in [9.17, 15) is 19.6 Å². The number of nitrogens with one attached hydrogen (secondary N) is 2. The fourth-order valence-electron chi connectivity index (χ4n) is 4.05. The van der Waals surface area contributed by atoms with Crippen LogP contribution in [0.5, 0.6) is 5.75 Å². The first kappa shape index (κ1) is 22.3. The molecule has 8 nitrogen and oxygen atoms in total. The van der Waals surface area contributed by atoms with Crippen LogP contribution in [0.15, 0.2) is 35.3 Å². The molecule has 0 bridgehead atoms. The average Bonchev–Trinajstić information content (AvgIpc) is 3.15. The van der Waals surface area contributed by atoms with Gasteiger partial charge in [0.2, 0.25) is 11.8 Å². The molecule has 164 valence electrons. The number of hydrogen-bond donors (Lipinski definition) is 2. The van der Waals surface area contributed by atoms with Gasteiger partial charge in [-0.15, -0.1) is 0 Å². The van der Waals surface area contributed by atoms with Gasteiger partial charge in [0.05, 0.1) is 18.6 Å². The number of carbonyl (C=O) groups is 2. The smallest absolute Gasteiger partial charge is 0.259 e. The van der Waals surface area contributed by atoms with Crippen molar-refractivity contribution in [1.82, 2.24) is 15.2 Å². The van der Waals surface area contributed by atoms with Gasteiger partial charge in [0.1, 0.15) is 17.8 Å². The first-order valence-electron chi connectivity index (χ1n) is 10.5. The summed E-state index contributed by atoms with van der Waals surface area (Å²) in [6.07, 6.45) is 2.94. The van der Waals surface area contributed by atoms with Gasteiger partial charge >= 0.3 is 0 Å². The fraction of sp³-hybridized carbons (Fsp3) is 0.478. The highest BCUT2D eigenvalue weighted by Crippen LogP contribution is 2.25. The van der Waals surface area contributed by atoms with Gasteiger partial charge in [-0.1, -0.05) is 19.9 Å². The van der Waals surface area contributed by atoms with E-state index < -0.39 is 18.0 Å². The van der Waals surface area contributed by atoms with E-state index >= 15 is 0 Å². The van der Waals surface area contributed by atoms with Crippen molar-refractivity contribution in [1.29, 1.82) is 5.26 Å². The highest BCUT2D eigenvalue weighted by Gasteiger charge is 2.30. The molecule has 1 aliphatic heterocycles. The van der Waals surface area contributed by atoms with Crippen LogP contribution in [0, 0.1) is 23.2 Å². The van der Waals surface area contributed by atoms with E-state index in [1.807, 2.05) is 13.8 Å². The summed E-state index contributed by atoms with van der Waals surface area (Å²) < 4.78 is 6.76. The number of benzene rings is 1. The number of pyridine rings is 1. The minimum atomic E-state index is -0.799. The third-order valence-electron chi connectivity index (χ3n) is 5.64. The van der Waals surface area contributed by atoms with Crippen molar-refractivity contribution in [2.24, 2.45) is 11.8 Å². The number of nitriles is 1. The topological polar surface area (TPSA) is 113 Å². The van der Waals surface area contributed by atoms with Crippen molar-refractivity contribution in [2.75, 3.05) is 13.7 Å². The van der Waals surface area contributed by atoms with Crippen LogP contribution >= 0.6 is 0 Å². The summed E-state index contributed by atoms with van der Waals surface area (Å²) in [5, 5.41) is 16.2. The molecular weight excluding hydrogens is 396 g/mol. The van der Waals surface area contributed by atoms with E-state index in [0.717, 1.165) is 0 Å². The van der Waals surface area contributed by atoms with Crippen molar-refractivity contribution in [3.05, 3.63) is 40.8 Å². The molecule has 1 aromatic heterocycles. The number of amides is 2. The minimum absolute atomic E-state index is 0.0899. The third kappa shape index (κ3) is 4.88.